The zero-order valence-electron chi connectivity index (χ0n) is 12.4. The fourth-order valence-corrected chi connectivity index (χ4v) is 2.53. The molecule has 1 aromatic carbocycles. The quantitative estimate of drug-likeness (QED) is 0.838. The van der Waals surface area contributed by atoms with Gasteiger partial charge in [-0.2, -0.15) is 5.26 Å². The SMILES string of the molecule is COC(=O)c1cccc(OCC(=O)NC2(C#N)CCCC2)c1. The van der Waals surface area contributed by atoms with Crippen molar-refractivity contribution in [1.29, 1.82) is 5.26 Å². The predicted octanol–water partition coefficient (Wildman–Crippen LogP) is 1.80. The lowest BCUT2D eigenvalue weighted by Crippen LogP contribution is -2.47. The van der Waals surface area contributed by atoms with Crippen LogP contribution in [0, 0.1) is 11.3 Å². The highest BCUT2D eigenvalue weighted by Gasteiger charge is 2.35. The Bertz CT molecular complexity index is 600. The summed E-state index contributed by atoms with van der Waals surface area (Å²) in [5.41, 5.74) is -0.404. The van der Waals surface area contributed by atoms with E-state index >= 15 is 0 Å². The van der Waals surface area contributed by atoms with Crippen molar-refractivity contribution in [3.8, 4) is 11.8 Å². The van der Waals surface area contributed by atoms with Gasteiger partial charge in [0, 0.05) is 0 Å². The second-order valence-corrected chi connectivity index (χ2v) is 5.26. The van der Waals surface area contributed by atoms with Crippen molar-refractivity contribution in [2.75, 3.05) is 13.7 Å². The summed E-state index contributed by atoms with van der Waals surface area (Å²) in [6.07, 6.45) is 3.23. The minimum absolute atomic E-state index is 0.200. The molecule has 0 aromatic heterocycles. The number of amides is 1. The van der Waals surface area contributed by atoms with Gasteiger partial charge in [0.05, 0.1) is 18.7 Å². The zero-order valence-corrected chi connectivity index (χ0v) is 12.4. The number of benzene rings is 1. The van der Waals surface area contributed by atoms with Crippen LogP contribution in [0.2, 0.25) is 0 Å². The Balaban J connectivity index is 1.91. The normalized spacial score (nSPS) is 15.6. The number of methoxy groups -OCH3 is 1. The van der Waals surface area contributed by atoms with E-state index in [-0.39, 0.29) is 12.5 Å². The minimum atomic E-state index is -0.756. The van der Waals surface area contributed by atoms with E-state index in [1.165, 1.54) is 13.2 Å². The Labute approximate surface area is 129 Å². The molecule has 0 spiro atoms. The van der Waals surface area contributed by atoms with Crippen molar-refractivity contribution in [2.24, 2.45) is 0 Å². The van der Waals surface area contributed by atoms with Crippen LogP contribution in [0.3, 0.4) is 0 Å². The fraction of sp³-hybridized carbons (Fsp3) is 0.438. The molecule has 2 rings (SSSR count). The van der Waals surface area contributed by atoms with Gasteiger partial charge in [-0.1, -0.05) is 6.07 Å². The van der Waals surface area contributed by atoms with Crippen LogP contribution in [0.25, 0.3) is 0 Å². The van der Waals surface area contributed by atoms with Crippen molar-refractivity contribution in [3.05, 3.63) is 29.8 Å². The molecule has 0 saturated heterocycles. The van der Waals surface area contributed by atoms with Gasteiger partial charge < -0.3 is 14.8 Å². The van der Waals surface area contributed by atoms with Crippen LogP contribution in [0.1, 0.15) is 36.0 Å². The lowest BCUT2D eigenvalue weighted by Gasteiger charge is -2.21. The molecule has 0 bridgehead atoms. The summed E-state index contributed by atoms with van der Waals surface area (Å²) >= 11 is 0. The summed E-state index contributed by atoms with van der Waals surface area (Å²) in [7, 11) is 1.30. The largest absolute Gasteiger partial charge is 0.484 e. The number of esters is 1. The lowest BCUT2D eigenvalue weighted by molar-refractivity contribution is -0.124. The Hall–Kier alpha value is -2.55. The molecule has 0 heterocycles. The summed E-state index contributed by atoms with van der Waals surface area (Å²) in [5, 5.41) is 12.0. The first-order valence-electron chi connectivity index (χ1n) is 7.12. The topological polar surface area (TPSA) is 88.4 Å². The number of carbonyl (C=O) groups excluding carboxylic acids is 2. The van der Waals surface area contributed by atoms with Crippen molar-refractivity contribution in [1.82, 2.24) is 5.32 Å². The van der Waals surface area contributed by atoms with Gasteiger partial charge in [-0.25, -0.2) is 4.79 Å². The number of ether oxygens (including phenoxy) is 2. The Morgan fingerprint density at radius 1 is 1.36 bits per heavy atom. The van der Waals surface area contributed by atoms with E-state index in [1.54, 1.807) is 18.2 Å². The number of nitrogens with zero attached hydrogens (tertiary/aromatic N) is 1. The Kier molecular flexibility index (Phi) is 4.99. The molecule has 1 N–H and O–H groups in total. The average Bonchev–Trinajstić information content (AvgIpc) is 3.01. The lowest BCUT2D eigenvalue weighted by atomic mass is 10.00. The highest BCUT2D eigenvalue weighted by atomic mass is 16.5. The summed E-state index contributed by atoms with van der Waals surface area (Å²) in [4.78, 5) is 23.4. The van der Waals surface area contributed by atoms with Gasteiger partial charge in [-0.15, -0.1) is 0 Å². The maximum atomic E-state index is 11.9. The molecule has 6 nitrogen and oxygen atoms in total. The number of nitriles is 1. The number of hydrogen-bond acceptors (Lipinski definition) is 5. The molecule has 1 aliphatic carbocycles. The number of hydrogen-bond donors (Lipinski definition) is 1. The van der Waals surface area contributed by atoms with Crippen LogP contribution in [0.5, 0.6) is 5.75 Å². The Morgan fingerprint density at radius 3 is 2.73 bits per heavy atom. The molecule has 0 radical (unpaired) electrons. The third-order valence-electron chi connectivity index (χ3n) is 3.67. The van der Waals surface area contributed by atoms with Crippen LogP contribution in [0.15, 0.2) is 24.3 Å². The van der Waals surface area contributed by atoms with Gasteiger partial charge >= 0.3 is 5.97 Å². The third kappa shape index (κ3) is 3.76. The van der Waals surface area contributed by atoms with Crippen LogP contribution in [0.4, 0.5) is 0 Å². The molecule has 1 aliphatic rings. The van der Waals surface area contributed by atoms with Crippen LogP contribution in [-0.4, -0.2) is 31.1 Å². The maximum Gasteiger partial charge on any atom is 0.337 e. The zero-order chi connectivity index (χ0) is 16.0. The molecule has 116 valence electrons. The molecule has 6 heteroatoms. The van der Waals surface area contributed by atoms with E-state index in [0.717, 1.165) is 12.8 Å². The highest BCUT2D eigenvalue weighted by molar-refractivity contribution is 5.89. The highest BCUT2D eigenvalue weighted by Crippen LogP contribution is 2.28. The van der Waals surface area contributed by atoms with Crippen molar-refractivity contribution < 1.29 is 19.1 Å². The Morgan fingerprint density at radius 2 is 2.09 bits per heavy atom. The first-order valence-corrected chi connectivity index (χ1v) is 7.12. The van der Waals surface area contributed by atoms with Crippen molar-refractivity contribution in [2.45, 2.75) is 31.2 Å². The first-order chi connectivity index (χ1) is 10.6. The molecule has 1 fully saturated rings. The minimum Gasteiger partial charge on any atom is -0.484 e. The number of nitrogens with one attached hydrogen (secondary N) is 1. The molecule has 0 atom stereocenters. The predicted molar refractivity (Wildman–Crippen MR) is 78.2 cm³/mol. The van der Waals surface area contributed by atoms with Crippen LogP contribution >= 0.6 is 0 Å². The standard InChI is InChI=1S/C16H18N2O4/c1-21-15(20)12-5-4-6-13(9-12)22-10-14(19)18-16(11-17)7-2-3-8-16/h4-6,9H,2-3,7-8,10H2,1H3,(H,18,19). The van der Waals surface area contributed by atoms with Gasteiger partial charge in [0.2, 0.25) is 0 Å². The van der Waals surface area contributed by atoms with Gasteiger partial charge in [0.1, 0.15) is 11.3 Å². The van der Waals surface area contributed by atoms with Crippen LogP contribution < -0.4 is 10.1 Å². The second-order valence-electron chi connectivity index (χ2n) is 5.26. The summed E-state index contributed by atoms with van der Waals surface area (Å²) in [6.45, 7) is -0.200. The van der Waals surface area contributed by atoms with Gasteiger partial charge in [0.25, 0.3) is 5.91 Å². The first kappa shape index (κ1) is 15.8. The number of rotatable bonds is 5. The average molecular weight is 302 g/mol. The molecular formula is C16H18N2O4. The molecule has 22 heavy (non-hydrogen) atoms. The molecular weight excluding hydrogens is 284 g/mol. The smallest absolute Gasteiger partial charge is 0.337 e. The van der Waals surface area contributed by atoms with E-state index in [2.05, 4.69) is 16.1 Å². The second kappa shape index (κ2) is 6.94. The summed E-state index contributed by atoms with van der Waals surface area (Å²) in [6, 6.07) is 8.59. The summed E-state index contributed by atoms with van der Waals surface area (Å²) in [5.74, 6) is -0.410. The van der Waals surface area contributed by atoms with Crippen molar-refractivity contribution >= 4 is 11.9 Å². The van der Waals surface area contributed by atoms with Gasteiger partial charge in [-0.05, 0) is 43.9 Å². The fourth-order valence-electron chi connectivity index (χ4n) is 2.53. The van der Waals surface area contributed by atoms with Crippen molar-refractivity contribution in [3.63, 3.8) is 0 Å². The van der Waals surface area contributed by atoms with E-state index < -0.39 is 11.5 Å². The summed E-state index contributed by atoms with van der Waals surface area (Å²) < 4.78 is 10.00. The molecule has 1 aromatic rings. The number of carbonyl (C=O) groups is 2. The molecule has 0 unspecified atom stereocenters. The van der Waals surface area contributed by atoms with E-state index in [4.69, 9.17) is 4.74 Å². The molecule has 1 saturated carbocycles. The third-order valence-corrected chi connectivity index (χ3v) is 3.67. The van der Waals surface area contributed by atoms with Crippen LogP contribution in [-0.2, 0) is 9.53 Å². The monoisotopic (exact) mass is 302 g/mol. The molecule has 0 aliphatic heterocycles. The van der Waals surface area contributed by atoms with E-state index in [1.807, 2.05) is 0 Å². The van der Waals surface area contributed by atoms with Gasteiger partial charge in [0.15, 0.2) is 6.61 Å². The van der Waals surface area contributed by atoms with Gasteiger partial charge in [-0.3, -0.25) is 4.79 Å². The van der Waals surface area contributed by atoms with E-state index in [9.17, 15) is 14.9 Å². The molecule has 1 amide bonds. The maximum absolute atomic E-state index is 11.9. The van der Waals surface area contributed by atoms with E-state index in [0.29, 0.717) is 24.2 Å².